The summed E-state index contributed by atoms with van der Waals surface area (Å²) in [5.74, 6) is -0.705. The van der Waals surface area contributed by atoms with Crippen molar-refractivity contribution in [3.05, 3.63) is 69.8 Å². The van der Waals surface area contributed by atoms with Crippen LogP contribution in [-0.4, -0.2) is 21.0 Å². The molecule has 0 unspecified atom stereocenters. The summed E-state index contributed by atoms with van der Waals surface area (Å²) in [7, 11) is -3.85. The number of hydrogen-bond donors (Lipinski definition) is 1. The predicted octanol–water partition coefficient (Wildman–Crippen LogP) is 4.18. The molecule has 0 aromatic heterocycles. The highest BCUT2D eigenvalue weighted by Crippen LogP contribution is 2.28. The maximum atomic E-state index is 12.4. The van der Waals surface area contributed by atoms with Crippen molar-refractivity contribution in [2.24, 2.45) is 0 Å². The van der Waals surface area contributed by atoms with Crippen LogP contribution in [0.25, 0.3) is 5.57 Å². The normalized spacial score (nSPS) is 11.9. The highest BCUT2D eigenvalue weighted by atomic mass is 35.5. The van der Waals surface area contributed by atoms with Crippen LogP contribution < -0.4 is 4.72 Å². The van der Waals surface area contributed by atoms with E-state index in [0.29, 0.717) is 10.6 Å². The third-order valence-electron chi connectivity index (χ3n) is 3.41. The Hall–Kier alpha value is -2.02. The molecule has 0 saturated heterocycles. The molecule has 0 aliphatic carbocycles. The molecule has 8 heteroatoms. The zero-order chi connectivity index (χ0) is 19.3. The molecule has 1 N–H and O–H groups in total. The number of aryl methyl sites for hydroxylation is 1. The van der Waals surface area contributed by atoms with Crippen molar-refractivity contribution in [1.82, 2.24) is 4.72 Å². The Morgan fingerprint density at radius 2 is 1.81 bits per heavy atom. The van der Waals surface area contributed by atoms with Gasteiger partial charge in [-0.3, -0.25) is 4.72 Å². The van der Waals surface area contributed by atoms with Gasteiger partial charge in [-0.05, 0) is 38.1 Å². The number of carbonyl (C=O) groups excluding carboxylic acids is 1. The first kappa shape index (κ1) is 20.3. The van der Waals surface area contributed by atoms with Gasteiger partial charge in [-0.15, -0.1) is 0 Å². The monoisotopic (exact) mass is 413 g/mol. The third kappa shape index (κ3) is 5.00. The SMILES string of the molecule is CCOC(=O)/C(=C/NS(=O)(=O)c1ccc(C)cc1)c1ccc(Cl)cc1Cl. The fourth-order valence-electron chi connectivity index (χ4n) is 2.09. The van der Waals surface area contributed by atoms with Crippen molar-refractivity contribution in [2.45, 2.75) is 18.7 Å². The molecule has 0 amide bonds. The average Bonchev–Trinajstić information content (AvgIpc) is 2.57. The smallest absolute Gasteiger partial charge is 0.340 e. The molecule has 0 atom stereocenters. The zero-order valence-electron chi connectivity index (χ0n) is 14.1. The summed E-state index contributed by atoms with van der Waals surface area (Å²) in [5.41, 5.74) is 1.21. The van der Waals surface area contributed by atoms with Crippen LogP contribution in [0.3, 0.4) is 0 Å². The highest BCUT2D eigenvalue weighted by molar-refractivity contribution is 7.89. The zero-order valence-corrected chi connectivity index (χ0v) is 16.5. The lowest BCUT2D eigenvalue weighted by Gasteiger charge is -2.11. The molecular formula is C18H17Cl2NO4S. The molecule has 0 heterocycles. The van der Waals surface area contributed by atoms with E-state index in [0.717, 1.165) is 11.8 Å². The van der Waals surface area contributed by atoms with Gasteiger partial charge in [0.1, 0.15) is 0 Å². The molecule has 0 fully saturated rings. The molecule has 26 heavy (non-hydrogen) atoms. The summed E-state index contributed by atoms with van der Waals surface area (Å²) in [4.78, 5) is 12.3. The molecule has 2 aromatic carbocycles. The molecule has 0 saturated carbocycles. The van der Waals surface area contributed by atoms with Gasteiger partial charge < -0.3 is 4.74 Å². The van der Waals surface area contributed by atoms with Crippen LogP contribution >= 0.6 is 23.2 Å². The number of ether oxygens (including phenoxy) is 1. The Kier molecular flexibility index (Phi) is 6.69. The van der Waals surface area contributed by atoms with Crippen molar-refractivity contribution in [3.8, 4) is 0 Å². The second kappa shape index (κ2) is 8.58. The third-order valence-corrected chi connectivity index (χ3v) is 5.28. The largest absolute Gasteiger partial charge is 0.462 e. The number of nitrogens with one attached hydrogen (secondary N) is 1. The van der Waals surface area contributed by atoms with Gasteiger partial charge in [0, 0.05) is 16.8 Å². The summed E-state index contributed by atoms with van der Waals surface area (Å²) >= 11 is 12.0. The van der Waals surface area contributed by atoms with Crippen molar-refractivity contribution in [1.29, 1.82) is 0 Å². The molecular weight excluding hydrogens is 397 g/mol. The van der Waals surface area contributed by atoms with Crippen LogP contribution in [0, 0.1) is 6.92 Å². The molecule has 2 aromatic rings. The summed E-state index contributed by atoms with van der Waals surface area (Å²) in [6.07, 6.45) is 1.07. The van der Waals surface area contributed by atoms with Gasteiger partial charge in [0.2, 0.25) is 0 Å². The van der Waals surface area contributed by atoms with Crippen LogP contribution in [-0.2, 0) is 19.6 Å². The molecule has 0 spiro atoms. The molecule has 5 nitrogen and oxygen atoms in total. The molecule has 0 aliphatic rings. The van der Waals surface area contributed by atoms with Gasteiger partial charge in [0.25, 0.3) is 10.0 Å². The lowest BCUT2D eigenvalue weighted by Crippen LogP contribution is -2.20. The summed E-state index contributed by atoms with van der Waals surface area (Å²) in [6, 6.07) is 10.8. The number of benzene rings is 2. The quantitative estimate of drug-likeness (QED) is 0.569. The Morgan fingerprint density at radius 1 is 1.15 bits per heavy atom. The minimum Gasteiger partial charge on any atom is -0.462 e. The maximum Gasteiger partial charge on any atom is 0.340 e. The number of esters is 1. The minimum atomic E-state index is -3.85. The maximum absolute atomic E-state index is 12.4. The Morgan fingerprint density at radius 3 is 2.38 bits per heavy atom. The number of rotatable bonds is 6. The van der Waals surface area contributed by atoms with Crippen molar-refractivity contribution >= 4 is 44.8 Å². The topological polar surface area (TPSA) is 72.5 Å². The molecule has 0 aliphatic heterocycles. The van der Waals surface area contributed by atoms with Gasteiger partial charge in [0.05, 0.1) is 22.1 Å². The number of sulfonamides is 1. The van der Waals surface area contributed by atoms with Crippen LogP contribution in [0.4, 0.5) is 0 Å². The van der Waals surface area contributed by atoms with E-state index in [2.05, 4.69) is 4.72 Å². The van der Waals surface area contributed by atoms with E-state index in [9.17, 15) is 13.2 Å². The van der Waals surface area contributed by atoms with Crippen molar-refractivity contribution in [3.63, 3.8) is 0 Å². The fraction of sp³-hybridized carbons (Fsp3) is 0.167. The second-order valence-electron chi connectivity index (χ2n) is 5.34. The molecule has 138 valence electrons. The first-order valence-electron chi connectivity index (χ1n) is 7.66. The van der Waals surface area contributed by atoms with E-state index in [1.165, 1.54) is 24.3 Å². The first-order valence-corrected chi connectivity index (χ1v) is 9.90. The predicted molar refractivity (Wildman–Crippen MR) is 103 cm³/mol. The lowest BCUT2D eigenvalue weighted by atomic mass is 10.1. The lowest BCUT2D eigenvalue weighted by molar-refractivity contribution is -0.136. The van der Waals surface area contributed by atoms with E-state index in [1.54, 1.807) is 25.1 Å². The number of halogens is 2. The first-order chi connectivity index (χ1) is 12.2. The van der Waals surface area contributed by atoms with E-state index in [-0.39, 0.29) is 22.1 Å². The Balaban J connectivity index is 2.42. The summed E-state index contributed by atoms with van der Waals surface area (Å²) < 4.78 is 32.2. The van der Waals surface area contributed by atoms with Crippen LogP contribution in [0.15, 0.2) is 53.6 Å². The molecule has 0 bridgehead atoms. The fourth-order valence-corrected chi connectivity index (χ4v) is 3.50. The van der Waals surface area contributed by atoms with Gasteiger partial charge in [-0.2, -0.15) is 0 Å². The Bertz CT molecular complexity index is 938. The number of carbonyl (C=O) groups is 1. The van der Waals surface area contributed by atoms with Crippen LogP contribution in [0.2, 0.25) is 10.0 Å². The molecule has 0 radical (unpaired) electrons. The standard InChI is InChI=1S/C18H17Cl2NO4S/c1-3-25-18(22)16(15-9-6-13(19)10-17(15)20)11-21-26(23,24)14-7-4-12(2)5-8-14/h4-11,21H,3H2,1-2H3/b16-11+. The highest BCUT2D eigenvalue weighted by Gasteiger charge is 2.19. The van der Waals surface area contributed by atoms with E-state index in [1.807, 2.05) is 6.92 Å². The average molecular weight is 414 g/mol. The van der Waals surface area contributed by atoms with Crippen LogP contribution in [0.5, 0.6) is 0 Å². The molecule has 2 rings (SSSR count). The second-order valence-corrected chi connectivity index (χ2v) is 7.89. The summed E-state index contributed by atoms with van der Waals surface area (Å²) in [6.45, 7) is 3.63. The van der Waals surface area contributed by atoms with Gasteiger partial charge in [0.15, 0.2) is 0 Å². The van der Waals surface area contributed by atoms with E-state index < -0.39 is 16.0 Å². The number of hydrogen-bond acceptors (Lipinski definition) is 4. The Labute approximate surface area is 162 Å². The van der Waals surface area contributed by atoms with Gasteiger partial charge in [-0.25, -0.2) is 13.2 Å². The van der Waals surface area contributed by atoms with E-state index in [4.69, 9.17) is 27.9 Å². The van der Waals surface area contributed by atoms with Crippen molar-refractivity contribution in [2.75, 3.05) is 6.61 Å². The summed E-state index contributed by atoms with van der Waals surface area (Å²) in [5, 5.41) is 0.591. The minimum absolute atomic E-state index is 0.0239. The van der Waals surface area contributed by atoms with Gasteiger partial charge >= 0.3 is 5.97 Å². The van der Waals surface area contributed by atoms with Gasteiger partial charge in [-0.1, -0.05) is 47.0 Å². The van der Waals surface area contributed by atoms with Crippen molar-refractivity contribution < 1.29 is 17.9 Å². The van der Waals surface area contributed by atoms with E-state index >= 15 is 0 Å². The van der Waals surface area contributed by atoms with Crippen LogP contribution in [0.1, 0.15) is 18.1 Å².